The van der Waals surface area contributed by atoms with Crippen LogP contribution in [-0.4, -0.2) is 22.8 Å². The van der Waals surface area contributed by atoms with E-state index in [4.69, 9.17) is 9.47 Å². The van der Waals surface area contributed by atoms with Crippen LogP contribution in [0.25, 0.3) is 0 Å². The van der Waals surface area contributed by atoms with Gasteiger partial charge in [0, 0.05) is 11.3 Å². The van der Waals surface area contributed by atoms with Crippen LogP contribution in [0.3, 0.4) is 0 Å². The molecule has 0 saturated carbocycles. The lowest BCUT2D eigenvalue weighted by Crippen LogP contribution is -2.47. The van der Waals surface area contributed by atoms with Crippen LogP contribution in [0.1, 0.15) is 17.0 Å². The van der Waals surface area contributed by atoms with Crippen LogP contribution in [0, 0.1) is 13.8 Å². The number of imidazole rings is 1. The number of alkyl halides is 3. The second-order valence-electron chi connectivity index (χ2n) is 5.31. The van der Waals surface area contributed by atoms with E-state index in [2.05, 4.69) is 4.98 Å². The van der Waals surface area contributed by atoms with Gasteiger partial charge in [-0.3, -0.25) is 4.57 Å². The van der Waals surface area contributed by atoms with Crippen molar-refractivity contribution < 1.29 is 22.6 Å². The fourth-order valence-electron chi connectivity index (χ4n) is 2.62. The molecule has 2 aromatic rings. The zero-order chi connectivity index (χ0) is 16.1. The molecule has 0 saturated heterocycles. The van der Waals surface area contributed by atoms with Crippen LogP contribution in [0.15, 0.2) is 24.3 Å². The minimum absolute atomic E-state index is 0.00291. The molecule has 1 aromatic carbocycles. The zero-order valence-corrected chi connectivity index (χ0v) is 12.4. The van der Waals surface area contributed by atoms with Gasteiger partial charge in [0.25, 0.3) is 6.01 Å². The number of fused-ring (bicyclic) bond motifs is 1. The van der Waals surface area contributed by atoms with E-state index in [0.29, 0.717) is 17.1 Å². The highest BCUT2D eigenvalue weighted by Gasteiger charge is 2.62. The Bertz CT molecular complexity index is 707. The first-order valence-electron chi connectivity index (χ1n) is 6.72. The van der Waals surface area contributed by atoms with Crippen molar-refractivity contribution in [3.8, 4) is 11.8 Å². The number of hydrogen-bond acceptors (Lipinski definition) is 3. The van der Waals surface area contributed by atoms with Crippen molar-refractivity contribution >= 4 is 0 Å². The van der Waals surface area contributed by atoms with E-state index in [0.717, 1.165) is 0 Å². The minimum atomic E-state index is -4.57. The number of aryl methyl sites for hydroxylation is 1. The molecular formula is C15H15F3N2O2. The molecule has 1 atom stereocenters. The Morgan fingerprint density at radius 3 is 2.36 bits per heavy atom. The molecule has 0 amide bonds. The van der Waals surface area contributed by atoms with Gasteiger partial charge in [-0.25, -0.2) is 4.98 Å². The van der Waals surface area contributed by atoms with E-state index in [1.165, 1.54) is 35.9 Å². The Labute approximate surface area is 125 Å². The van der Waals surface area contributed by atoms with Crippen molar-refractivity contribution in [2.75, 3.05) is 7.11 Å². The lowest BCUT2D eigenvalue weighted by molar-refractivity contribution is -0.250. The standard InChI is InChI=1S/C15H15F3N2O2/c1-9-10(2)20-8-14(15(16,17)18,22-13(20)19-9)11-4-6-12(21-3)7-5-11/h4-7H,8H2,1-3H3/t14-/m1/s1. The SMILES string of the molecule is COc1ccc([C@@]2(C(F)(F)F)Cn3c(nc(C)c3C)O2)cc1. The summed E-state index contributed by atoms with van der Waals surface area (Å²) in [6.07, 6.45) is -4.57. The average molecular weight is 312 g/mol. The fraction of sp³-hybridized carbons (Fsp3) is 0.400. The number of aromatic nitrogens is 2. The summed E-state index contributed by atoms with van der Waals surface area (Å²) in [5.74, 6) is 0.490. The quantitative estimate of drug-likeness (QED) is 0.853. The summed E-state index contributed by atoms with van der Waals surface area (Å²) < 4.78 is 53.0. The van der Waals surface area contributed by atoms with Crippen molar-refractivity contribution in [3.63, 3.8) is 0 Å². The number of methoxy groups -OCH3 is 1. The van der Waals surface area contributed by atoms with E-state index in [-0.39, 0.29) is 18.1 Å². The number of halogens is 3. The van der Waals surface area contributed by atoms with Crippen molar-refractivity contribution in [2.45, 2.75) is 32.2 Å². The zero-order valence-electron chi connectivity index (χ0n) is 12.4. The monoisotopic (exact) mass is 312 g/mol. The molecule has 0 radical (unpaired) electrons. The summed E-state index contributed by atoms with van der Waals surface area (Å²) in [7, 11) is 1.46. The minimum Gasteiger partial charge on any atom is -0.497 e. The van der Waals surface area contributed by atoms with Gasteiger partial charge < -0.3 is 9.47 Å². The molecule has 1 aliphatic heterocycles. The Balaban J connectivity index is 2.08. The van der Waals surface area contributed by atoms with Crippen molar-refractivity contribution in [3.05, 3.63) is 41.2 Å². The topological polar surface area (TPSA) is 36.3 Å². The van der Waals surface area contributed by atoms with Gasteiger partial charge in [-0.1, -0.05) is 12.1 Å². The average Bonchev–Trinajstić information content (AvgIpc) is 2.97. The van der Waals surface area contributed by atoms with Gasteiger partial charge in [0.1, 0.15) is 5.75 Å². The van der Waals surface area contributed by atoms with Crippen molar-refractivity contribution in [1.29, 1.82) is 0 Å². The third kappa shape index (κ3) is 1.95. The van der Waals surface area contributed by atoms with Crippen LogP contribution >= 0.6 is 0 Å². The number of ether oxygens (including phenoxy) is 2. The molecule has 1 aromatic heterocycles. The smallest absolute Gasteiger partial charge is 0.434 e. The Morgan fingerprint density at radius 1 is 1.23 bits per heavy atom. The van der Waals surface area contributed by atoms with Crippen LogP contribution in [0.4, 0.5) is 13.2 Å². The van der Waals surface area contributed by atoms with Gasteiger partial charge >= 0.3 is 6.18 Å². The van der Waals surface area contributed by atoms with Crippen molar-refractivity contribution in [2.24, 2.45) is 0 Å². The molecule has 7 heteroatoms. The highest BCUT2D eigenvalue weighted by molar-refractivity contribution is 5.35. The molecule has 22 heavy (non-hydrogen) atoms. The van der Waals surface area contributed by atoms with Gasteiger partial charge in [0.15, 0.2) is 0 Å². The number of hydrogen-bond donors (Lipinski definition) is 0. The molecule has 0 N–H and O–H groups in total. The van der Waals surface area contributed by atoms with E-state index in [1.807, 2.05) is 0 Å². The maximum Gasteiger partial charge on any atom is 0.434 e. The van der Waals surface area contributed by atoms with Gasteiger partial charge in [-0.05, 0) is 26.0 Å². The summed E-state index contributed by atoms with van der Waals surface area (Å²) in [4.78, 5) is 4.07. The van der Waals surface area contributed by atoms with E-state index in [1.54, 1.807) is 13.8 Å². The molecule has 2 heterocycles. The lowest BCUT2D eigenvalue weighted by Gasteiger charge is -2.30. The van der Waals surface area contributed by atoms with Gasteiger partial charge in [-0.15, -0.1) is 0 Å². The van der Waals surface area contributed by atoms with E-state index in [9.17, 15) is 13.2 Å². The van der Waals surface area contributed by atoms with Gasteiger partial charge in [0.2, 0.25) is 5.60 Å². The van der Waals surface area contributed by atoms with Gasteiger partial charge in [-0.2, -0.15) is 13.2 Å². The van der Waals surface area contributed by atoms with Crippen LogP contribution in [0.5, 0.6) is 11.8 Å². The van der Waals surface area contributed by atoms with E-state index < -0.39 is 11.8 Å². The Hall–Kier alpha value is -2.18. The Morgan fingerprint density at radius 2 is 1.86 bits per heavy atom. The first-order chi connectivity index (χ1) is 10.3. The predicted octanol–water partition coefficient (Wildman–Crippen LogP) is 3.36. The van der Waals surface area contributed by atoms with E-state index >= 15 is 0 Å². The first-order valence-corrected chi connectivity index (χ1v) is 6.72. The molecule has 4 nitrogen and oxygen atoms in total. The molecule has 0 fully saturated rings. The second-order valence-corrected chi connectivity index (χ2v) is 5.31. The largest absolute Gasteiger partial charge is 0.497 e. The summed E-state index contributed by atoms with van der Waals surface area (Å²) in [5.41, 5.74) is -1.04. The third-order valence-electron chi connectivity index (χ3n) is 4.08. The molecule has 0 aliphatic carbocycles. The van der Waals surface area contributed by atoms with Crippen LogP contribution in [-0.2, 0) is 12.1 Å². The highest BCUT2D eigenvalue weighted by atomic mass is 19.4. The molecular weight excluding hydrogens is 297 g/mol. The molecule has 3 rings (SSSR count). The third-order valence-corrected chi connectivity index (χ3v) is 4.08. The van der Waals surface area contributed by atoms with Crippen LogP contribution in [0.2, 0.25) is 0 Å². The molecule has 1 aliphatic rings. The predicted molar refractivity (Wildman–Crippen MR) is 73.1 cm³/mol. The number of nitrogens with zero attached hydrogens (tertiary/aromatic N) is 2. The summed E-state index contributed by atoms with van der Waals surface area (Å²) in [5, 5.41) is 0. The molecule has 118 valence electrons. The highest BCUT2D eigenvalue weighted by Crippen LogP contribution is 2.48. The van der Waals surface area contributed by atoms with Gasteiger partial charge in [0.05, 0.1) is 19.3 Å². The molecule has 0 unspecified atom stereocenters. The summed E-state index contributed by atoms with van der Waals surface area (Å²) >= 11 is 0. The van der Waals surface area contributed by atoms with Crippen molar-refractivity contribution in [1.82, 2.24) is 9.55 Å². The second kappa shape index (κ2) is 4.66. The fourth-order valence-corrected chi connectivity index (χ4v) is 2.62. The summed E-state index contributed by atoms with van der Waals surface area (Å²) in [6, 6.07) is 5.74. The first kappa shape index (κ1) is 14.7. The normalized spacial score (nSPS) is 20.6. The summed E-state index contributed by atoms with van der Waals surface area (Å²) in [6.45, 7) is 3.13. The number of benzene rings is 1. The molecule has 0 bridgehead atoms. The maximum atomic E-state index is 13.8. The Kier molecular flexibility index (Phi) is 3.12. The lowest BCUT2D eigenvalue weighted by atomic mass is 9.93. The molecule has 0 spiro atoms. The van der Waals surface area contributed by atoms with Crippen LogP contribution < -0.4 is 9.47 Å². The number of rotatable bonds is 2. The maximum absolute atomic E-state index is 13.8.